The van der Waals surface area contributed by atoms with E-state index in [0.29, 0.717) is 11.5 Å². The van der Waals surface area contributed by atoms with Crippen LogP contribution in [0.5, 0.6) is 0 Å². The summed E-state index contributed by atoms with van der Waals surface area (Å²) in [5.41, 5.74) is 0.326. The zero-order valence-corrected chi connectivity index (χ0v) is 9.36. The third-order valence-corrected chi connectivity index (χ3v) is 2.36. The predicted molar refractivity (Wildman–Crippen MR) is 51.1 cm³/mol. The second kappa shape index (κ2) is 2.74. The van der Waals surface area contributed by atoms with Gasteiger partial charge in [-0.15, -0.1) is 0 Å². The summed E-state index contributed by atoms with van der Waals surface area (Å²) in [4.78, 5) is 0. The van der Waals surface area contributed by atoms with Gasteiger partial charge in [0.05, 0.1) is 12.7 Å². The van der Waals surface area contributed by atoms with Crippen molar-refractivity contribution in [3.63, 3.8) is 0 Å². The van der Waals surface area contributed by atoms with E-state index in [1.54, 1.807) is 0 Å². The molecule has 0 N–H and O–H groups in total. The van der Waals surface area contributed by atoms with Gasteiger partial charge in [0.1, 0.15) is 0 Å². The highest BCUT2D eigenvalue weighted by atomic mass is 79.9. The van der Waals surface area contributed by atoms with Crippen LogP contribution < -0.4 is 0 Å². The molecule has 1 aliphatic heterocycles. The van der Waals surface area contributed by atoms with Crippen LogP contribution in [0.1, 0.15) is 34.1 Å². The molecule has 1 rings (SSSR count). The van der Waals surface area contributed by atoms with Crippen molar-refractivity contribution in [2.75, 3.05) is 6.61 Å². The Labute approximate surface area is 77.6 Å². The standard InChI is InChI=1S/C9H17BrO/c1-8(2,7-5-11-7)6-9(3,4)10/h7H,5-6H2,1-4H3. The highest BCUT2D eigenvalue weighted by Crippen LogP contribution is 2.41. The molecule has 1 unspecified atom stereocenters. The van der Waals surface area contributed by atoms with Gasteiger partial charge in [-0.3, -0.25) is 0 Å². The van der Waals surface area contributed by atoms with Crippen molar-refractivity contribution in [1.82, 2.24) is 0 Å². The fourth-order valence-corrected chi connectivity index (χ4v) is 2.42. The molecule has 1 fully saturated rings. The third-order valence-electron chi connectivity index (χ3n) is 2.08. The lowest BCUT2D eigenvalue weighted by atomic mass is 9.81. The van der Waals surface area contributed by atoms with Gasteiger partial charge in [0.15, 0.2) is 0 Å². The molecule has 1 aliphatic rings. The summed E-state index contributed by atoms with van der Waals surface area (Å²) < 4.78 is 5.54. The predicted octanol–water partition coefficient (Wildman–Crippen LogP) is 2.98. The van der Waals surface area contributed by atoms with Crippen LogP contribution >= 0.6 is 15.9 Å². The first-order chi connectivity index (χ1) is 4.81. The van der Waals surface area contributed by atoms with Crippen LogP contribution in [-0.2, 0) is 4.74 Å². The summed E-state index contributed by atoms with van der Waals surface area (Å²) in [6, 6.07) is 0. The molecule has 0 spiro atoms. The van der Waals surface area contributed by atoms with Crippen LogP contribution in [0.3, 0.4) is 0 Å². The maximum Gasteiger partial charge on any atom is 0.0861 e. The minimum absolute atomic E-state index is 0.239. The van der Waals surface area contributed by atoms with Gasteiger partial charge in [0.25, 0.3) is 0 Å². The second-order valence-corrected chi connectivity index (χ2v) is 6.85. The zero-order valence-electron chi connectivity index (χ0n) is 7.78. The molecule has 0 radical (unpaired) electrons. The van der Waals surface area contributed by atoms with Crippen molar-refractivity contribution in [3.8, 4) is 0 Å². The summed E-state index contributed by atoms with van der Waals surface area (Å²) in [6.07, 6.45) is 1.66. The molecule has 0 saturated carbocycles. The van der Waals surface area contributed by atoms with Gasteiger partial charge in [-0.2, -0.15) is 0 Å². The lowest BCUT2D eigenvalue weighted by Crippen LogP contribution is -2.27. The van der Waals surface area contributed by atoms with E-state index in [1.807, 2.05) is 0 Å². The Morgan fingerprint density at radius 1 is 1.36 bits per heavy atom. The van der Waals surface area contributed by atoms with Gasteiger partial charge in [-0.25, -0.2) is 0 Å². The van der Waals surface area contributed by atoms with Crippen LogP contribution in [0.2, 0.25) is 0 Å². The maximum absolute atomic E-state index is 5.30. The lowest BCUT2D eigenvalue weighted by Gasteiger charge is -2.29. The number of hydrogen-bond donors (Lipinski definition) is 0. The molecule has 66 valence electrons. The molecular formula is C9H17BrO. The highest BCUT2D eigenvalue weighted by Gasteiger charge is 2.41. The van der Waals surface area contributed by atoms with E-state index in [0.717, 1.165) is 13.0 Å². The van der Waals surface area contributed by atoms with Gasteiger partial charge >= 0.3 is 0 Å². The first-order valence-electron chi connectivity index (χ1n) is 4.12. The molecule has 0 aliphatic carbocycles. The van der Waals surface area contributed by atoms with Crippen LogP contribution in [0.15, 0.2) is 0 Å². The van der Waals surface area contributed by atoms with Crippen LogP contribution in [0.25, 0.3) is 0 Å². The summed E-state index contributed by atoms with van der Waals surface area (Å²) in [7, 11) is 0. The molecular weight excluding hydrogens is 204 g/mol. The van der Waals surface area contributed by atoms with Gasteiger partial charge in [0, 0.05) is 4.32 Å². The SMILES string of the molecule is CC(C)(Br)CC(C)(C)C1CO1. The quantitative estimate of drug-likeness (QED) is 0.527. The summed E-state index contributed by atoms with van der Waals surface area (Å²) in [5, 5.41) is 0. The number of hydrogen-bond acceptors (Lipinski definition) is 1. The van der Waals surface area contributed by atoms with Gasteiger partial charge in [-0.05, 0) is 11.8 Å². The van der Waals surface area contributed by atoms with E-state index >= 15 is 0 Å². The van der Waals surface area contributed by atoms with Crippen molar-refractivity contribution in [2.45, 2.75) is 44.5 Å². The van der Waals surface area contributed by atoms with Crippen LogP contribution in [0.4, 0.5) is 0 Å². The Kier molecular flexibility index (Phi) is 2.37. The maximum atomic E-state index is 5.30. The monoisotopic (exact) mass is 220 g/mol. The highest BCUT2D eigenvalue weighted by molar-refractivity contribution is 9.10. The molecule has 1 nitrogen and oxygen atoms in total. The van der Waals surface area contributed by atoms with Crippen molar-refractivity contribution in [3.05, 3.63) is 0 Å². The largest absolute Gasteiger partial charge is 0.373 e. The zero-order chi connectivity index (χ0) is 8.70. The van der Waals surface area contributed by atoms with Crippen molar-refractivity contribution in [1.29, 1.82) is 0 Å². The molecule has 0 aromatic rings. The van der Waals surface area contributed by atoms with Gasteiger partial charge in [-0.1, -0.05) is 43.6 Å². The van der Waals surface area contributed by atoms with Crippen LogP contribution in [-0.4, -0.2) is 17.0 Å². The number of epoxide rings is 1. The number of halogens is 1. The molecule has 1 heterocycles. The number of ether oxygens (including phenoxy) is 1. The fraction of sp³-hybridized carbons (Fsp3) is 1.00. The Bertz CT molecular complexity index is 142. The Morgan fingerprint density at radius 2 is 1.82 bits per heavy atom. The Hall–Kier alpha value is 0.440. The Morgan fingerprint density at radius 3 is 2.09 bits per heavy atom. The first-order valence-corrected chi connectivity index (χ1v) is 4.91. The topological polar surface area (TPSA) is 12.5 Å². The Balaban J connectivity index is 2.45. The molecule has 1 atom stereocenters. The van der Waals surface area contributed by atoms with Gasteiger partial charge in [0.2, 0.25) is 0 Å². The van der Waals surface area contributed by atoms with E-state index in [9.17, 15) is 0 Å². The minimum atomic E-state index is 0.239. The smallest absolute Gasteiger partial charge is 0.0861 e. The average Bonchev–Trinajstić information content (AvgIpc) is 2.30. The molecule has 11 heavy (non-hydrogen) atoms. The van der Waals surface area contributed by atoms with E-state index in [4.69, 9.17) is 4.74 Å². The second-order valence-electron chi connectivity index (χ2n) is 4.71. The molecule has 0 amide bonds. The normalized spacial score (nSPS) is 25.4. The van der Waals surface area contributed by atoms with E-state index in [2.05, 4.69) is 43.6 Å². The van der Waals surface area contributed by atoms with E-state index < -0.39 is 0 Å². The number of alkyl halides is 1. The lowest BCUT2D eigenvalue weighted by molar-refractivity contribution is 0.213. The minimum Gasteiger partial charge on any atom is -0.373 e. The van der Waals surface area contributed by atoms with Crippen molar-refractivity contribution < 1.29 is 4.74 Å². The molecule has 2 heteroatoms. The van der Waals surface area contributed by atoms with E-state index in [-0.39, 0.29) is 4.32 Å². The van der Waals surface area contributed by atoms with Gasteiger partial charge < -0.3 is 4.74 Å². The molecule has 0 aromatic carbocycles. The number of rotatable bonds is 3. The van der Waals surface area contributed by atoms with Crippen molar-refractivity contribution >= 4 is 15.9 Å². The van der Waals surface area contributed by atoms with Crippen molar-refractivity contribution in [2.24, 2.45) is 5.41 Å². The van der Waals surface area contributed by atoms with E-state index in [1.165, 1.54) is 0 Å². The third kappa shape index (κ3) is 3.12. The molecule has 1 saturated heterocycles. The molecule has 0 bridgehead atoms. The summed E-state index contributed by atoms with van der Waals surface area (Å²) in [5.74, 6) is 0. The average molecular weight is 221 g/mol. The first kappa shape index (κ1) is 9.53. The summed E-state index contributed by atoms with van der Waals surface area (Å²) >= 11 is 3.65. The molecule has 0 aromatic heterocycles. The fourth-order valence-electron chi connectivity index (χ4n) is 1.70. The summed E-state index contributed by atoms with van der Waals surface area (Å²) in [6.45, 7) is 9.91. The van der Waals surface area contributed by atoms with Crippen LogP contribution in [0, 0.1) is 5.41 Å².